The average molecular weight is 388 g/mol. The lowest BCUT2D eigenvalue weighted by Gasteiger charge is -2.09. The van der Waals surface area contributed by atoms with Crippen molar-refractivity contribution >= 4 is 33.4 Å². The number of nitrogens with zero attached hydrogens (tertiary/aromatic N) is 3. The van der Waals surface area contributed by atoms with E-state index in [-0.39, 0.29) is 5.82 Å². The van der Waals surface area contributed by atoms with E-state index in [1.54, 1.807) is 18.2 Å². The summed E-state index contributed by atoms with van der Waals surface area (Å²) >= 11 is 3.46. The van der Waals surface area contributed by atoms with E-state index in [9.17, 15) is 4.39 Å². The molecule has 0 aliphatic heterocycles. The van der Waals surface area contributed by atoms with Gasteiger partial charge in [-0.15, -0.1) is 5.10 Å². The van der Waals surface area contributed by atoms with Crippen molar-refractivity contribution in [3.63, 3.8) is 0 Å². The Hall–Kier alpha value is -2.54. The summed E-state index contributed by atoms with van der Waals surface area (Å²) in [6.45, 7) is 2.32. The molecular weight excluding hydrogens is 373 g/mol. The number of halogens is 2. The van der Waals surface area contributed by atoms with E-state index in [1.807, 2.05) is 25.1 Å². The van der Waals surface area contributed by atoms with Gasteiger partial charge in [0.2, 0.25) is 5.95 Å². The second-order valence-corrected chi connectivity index (χ2v) is 6.05. The number of anilines is 3. The molecule has 0 radical (unpaired) electrons. The van der Waals surface area contributed by atoms with Crippen molar-refractivity contribution in [2.45, 2.75) is 13.5 Å². The first-order chi connectivity index (χ1) is 11.6. The molecule has 3 aromatic rings. The van der Waals surface area contributed by atoms with Crippen LogP contribution >= 0.6 is 15.9 Å². The lowest BCUT2D eigenvalue weighted by atomic mass is 10.2. The molecule has 2 N–H and O–H groups in total. The van der Waals surface area contributed by atoms with Crippen LogP contribution in [-0.2, 0) is 6.54 Å². The fourth-order valence-corrected chi connectivity index (χ4v) is 2.37. The standard InChI is InChI=1S/C17H15BrFN5/c1-11-8-13(6-7-14(11)18)22-17-23-16(10-21-24-17)20-9-12-4-2-3-5-15(12)19/h2-8,10H,9H2,1H3,(H2,20,22,23,24). The molecule has 0 atom stereocenters. The zero-order valence-electron chi connectivity index (χ0n) is 12.9. The molecule has 24 heavy (non-hydrogen) atoms. The molecule has 0 aliphatic carbocycles. The van der Waals surface area contributed by atoms with Gasteiger partial charge in [0, 0.05) is 22.3 Å². The lowest BCUT2D eigenvalue weighted by Crippen LogP contribution is -2.06. The quantitative estimate of drug-likeness (QED) is 0.677. The second-order valence-electron chi connectivity index (χ2n) is 5.20. The highest BCUT2D eigenvalue weighted by molar-refractivity contribution is 9.10. The summed E-state index contributed by atoms with van der Waals surface area (Å²) in [5.74, 6) is 0.635. The zero-order valence-corrected chi connectivity index (χ0v) is 14.5. The van der Waals surface area contributed by atoms with Gasteiger partial charge in [0.25, 0.3) is 0 Å². The molecule has 1 heterocycles. The van der Waals surface area contributed by atoms with Crippen LogP contribution < -0.4 is 10.6 Å². The van der Waals surface area contributed by atoms with Crippen LogP contribution in [0.2, 0.25) is 0 Å². The fourth-order valence-electron chi connectivity index (χ4n) is 2.12. The van der Waals surface area contributed by atoms with Crippen molar-refractivity contribution < 1.29 is 4.39 Å². The van der Waals surface area contributed by atoms with E-state index in [0.717, 1.165) is 15.7 Å². The van der Waals surface area contributed by atoms with Crippen molar-refractivity contribution in [1.29, 1.82) is 0 Å². The maximum Gasteiger partial charge on any atom is 0.249 e. The van der Waals surface area contributed by atoms with Crippen LogP contribution in [0, 0.1) is 12.7 Å². The first-order valence-electron chi connectivity index (χ1n) is 7.32. The van der Waals surface area contributed by atoms with Crippen LogP contribution in [-0.4, -0.2) is 15.2 Å². The predicted molar refractivity (Wildman–Crippen MR) is 95.7 cm³/mol. The average Bonchev–Trinajstić information content (AvgIpc) is 2.58. The Labute approximate surface area is 147 Å². The van der Waals surface area contributed by atoms with E-state index in [0.29, 0.717) is 23.9 Å². The number of aromatic nitrogens is 3. The second kappa shape index (κ2) is 7.35. The first kappa shape index (κ1) is 16.3. The van der Waals surface area contributed by atoms with Crippen LogP contribution in [0.15, 0.2) is 53.1 Å². The van der Waals surface area contributed by atoms with Crippen molar-refractivity contribution in [2.75, 3.05) is 10.6 Å². The Kier molecular flexibility index (Phi) is 5.00. The maximum absolute atomic E-state index is 13.6. The van der Waals surface area contributed by atoms with Crippen molar-refractivity contribution in [3.8, 4) is 0 Å². The Morgan fingerprint density at radius 3 is 2.79 bits per heavy atom. The predicted octanol–water partition coefficient (Wildman–Crippen LogP) is 4.44. The van der Waals surface area contributed by atoms with Crippen molar-refractivity contribution in [1.82, 2.24) is 15.2 Å². The molecule has 0 spiro atoms. The number of aryl methyl sites for hydroxylation is 1. The van der Waals surface area contributed by atoms with Gasteiger partial charge in [-0.25, -0.2) is 4.39 Å². The van der Waals surface area contributed by atoms with Crippen LogP contribution in [0.5, 0.6) is 0 Å². The third-order valence-electron chi connectivity index (χ3n) is 3.39. The molecule has 0 saturated heterocycles. The third kappa shape index (κ3) is 4.05. The van der Waals surface area contributed by atoms with E-state index in [1.165, 1.54) is 12.3 Å². The SMILES string of the molecule is Cc1cc(Nc2nncc(NCc3ccccc3F)n2)ccc1Br. The molecule has 0 bridgehead atoms. The number of hydrogen-bond donors (Lipinski definition) is 2. The highest BCUT2D eigenvalue weighted by Gasteiger charge is 2.05. The summed E-state index contributed by atoms with van der Waals surface area (Å²) in [4.78, 5) is 4.33. The number of hydrogen-bond acceptors (Lipinski definition) is 5. The third-order valence-corrected chi connectivity index (χ3v) is 4.28. The largest absolute Gasteiger partial charge is 0.364 e. The van der Waals surface area contributed by atoms with E-state index >= 15 is 0 Å². The molecule has 0 fully saturated rings. The monoisotopic (exact) mass is 387 g/mol. The van der Waals surface area contributed by atoms with Crippen LogP contribution in [0.25, 0.3) is 0 Å². The van der Waals surface area contributed by atoms with Gasteiger partial charge >= 0.3 is 0 Å². The van der Waals surface area contributed by atoms with Gasteiger partial charge in [-0.1, -0.05) is 34.1 Å². The number of rotatable bonds is 5. The minimum absolute atomic E-state index is 0.254. The van der Waals surface area contributed by atoms with Crippen LogP contribution in [0.4, 0.5) is 21.8 Å². The molecule has 0 unspecified atom stereocenters. The summed E-state index contributed by atoms with van der Waals surface area (Å²) < 4.78 is 14.7. The molecule has 3 rings (SSSR count). The van der Waals surface area contributed by atoms with Gasteiger partial charge in [0.15, 0.2) is 5.82 Å². The molecule has 1 aromatic heterocycles. The summed E-state index contributed by atoms with van der Waals surface area (Å²) in [6.07, 6.45) is 1.50. The van der Waals surface area contributed by atoms with E-state index in [2.05, 4.69) is 41.7 Å². The molecule has 0 aliphatic rings. The number of benzene rings is 2. The number of nitrogens with one attached hydrogen (secondary N) is 2. The van der Waals surface area contributed by atoms with Gasteiger partial charge < -0.3 is 10.6 Å². The molecule has 5 nitrogen and oxygen atoms in total. The lowest BCUT2D eigenvalue weighted by molar-refractivity contribution is 0.613. The molecule has 122 valence electrons. The van der Waals surface area contributed by atoms with Gasteiger partial charge in [0.05, 0.1) is 6.20 Å². The van der Waals surface area contributed by atoms with Crippen molar-refractivity contribution in [3.05, 3.63) is 70.1 Å². The Morgan fingerprint density at radius 1 is 1.17 bits per heavy atom. The van der Waals surface area contributed by atoms with Gasteiger partial charge in [-0.05, 0) is 36.8 Å². The molecule has 2 aromatic carbocycles. The summed E-state index contributed by atoms with van der Waals surface area (Å²) in [7, 11) is 0. The van der Waals surface area contributed by atoms with Crippen molar-refractivity contribution in [2.24, 2.45) is 0 Å². The van der Waals surface area contributed by atoms with Gasteiger partial charge in [0.1, 0.15) is 5.82 Å². The highest BCUT2D eigenvalue weighted by Crippen LogP contribution is 2.22. The fraction of sp³-hybridized carbons (Fsp3) is 0.118. The van der Waals surface area contributed by atoms with Gasteiger partial charge in [-0.3, -0.25) is 0 Å². The Bertz CT molecular complexity index is 856. The van der Waals surface area contributed by atoms with E-state index < -0.39 is 0 Å². The summed E-state index contributed by atoms with van der Waals surface area (Å²) in [5, 5.41) is 14.0. The Balaban J connectivity index is 1.69. The smallest absolute Gasteiger partial charge is 0.249 e. The molecule has 0 saturated carbocycles. The first-order valence-corrected chi connectivity index (χ1v) is 8.11. The summed E-state index contributed by atoms with van der Waals surface area (Å²) in [5.41, 5.74) is 2.53. The zero-order chi connectivity index (χ0) is 16.9. The highest BCUT2D eigenvalue weighted by atomic mass is 79.9. The van der Waals surface area contributed by atoms with Crippen LogP contribution in [0.3, 0.4) is 0 Å². The maximum atomic E-state index is 13.6. The Morgan fingerprint density at radius 2 is 2.00 bits per heavy atom. The minimum atomic E-state index is -0.254. The molecule has 7 heteroatoms. The topological polar surface area (TPSA) is 62.7 Å². The van der Waals surface area contributed by atoms with Gasteiger partial charge in [-0.2, -0.15) is 10.1 Å². The van der Waals surface area contributed by atoms with E-state index in [4.69, 9.17) is 0 Å². The normalized spacial score (nSPS) is 10.5. The molecule has 0 amide bonds. The molecular formula is C17H15BrFN5. The van der Waals surface area contributed by atoms with Crippen LogP contribution in [0.1, 0.15) is 11.1 Å². The minimum Gasteiger partial charge on any atom is -0.364 e. The summed E-state index contributed by atoms with van der Waals surface area (Å²) in [6, 6.07) is 12.4.